The summed E-state index contributed by atoms with van der Waals surface area (Å²) in [5, 5.41) is 9.64. The fraction of sp³-hybridized carbons (Fsp3) is 0.367. The topological polar surface area (TPSA) is 65.7 Å². The van der Waals surface area contributed by atoms with Crippen LogP contribution in [0.15, 0.2) is 71.5 Å². The van der Waals surface area contributed by atoms with Gasteiger partial charge in [0.25, 0.3) is 0 Å². The standard InChI is InChI=1S/C30H34F3N3O2/c1-7-23(8-2)19-35-22(4)36(20-25-9-12-27(13-10-25)30(31,32)33)16-15-24-11-14-28(26(17-24)18-34)38-29(5,6)21(3)37/h7,9-14,17,19H,4,8,15-16,20H2,1-3,5-6H3/b23-7-,35-19-. The number of nitriles is 1. The lowest BCUT2D eigenvalue weighted by Crippen LogP contribution is -2.36. The van der Waals surface area contributed by atoms with Crippen LogP contribution in [0.1, 0.15) is 63.3 Å². The fourth-order valence-electron chi connectivity index (χ4n) is 3.45. The van der Waals surface area contributed by atoms with Crippen LogP contribution in [-0.4, -0.2) is 29.0 Å². The van der Waals surface area contributed by atoms with Gasteiger partial charge in [0.2, 0.25) is 0 Å². The zero-order valence-electron chi connectivity index (χ0n) is 22.5. The molecule has 2 aromatic rings. The van der Waals surface area contributed by atoms with Crippen molar-refractivity contribution in [2.75, 3.05) is 6.54 Å². The summed E-state index contributed by atoms with van der Waals surface area (Å²) in [7, 11) is 0. The third-order valence-corrected chi connectivity index (χ3v) is 6.23. The molecule has 0 radical (unpaired) electrons. The van der Waals surface area contributed by atoms with Gasteiger partial charge in [0, 0.05) is 19.3 Å². The number of alkyl halides is 3. The molecular formula is C30H34F3N3O2. The summed E-state index contributed by atoms with van der Waals surface area (Å²) >= 11 is 0. The van der Waals surface area contributed by atoms with Crippen molar-refractivity contribution in [2.24, 2.45) is 4.99 Å². The Morgan fingerprint density at radius 2 is 1.79 bits per heavy atom. The molecule has 0 N–H and O–H groups in total. The summed E-state index contributed by atoms with van der Waals surface area (Å²) in [5.41, 5.74) is 1.11. The first-order valence-electron chi connectivity index (χ1n) is 12.3. The number of nitrogens with zero attached hydrogens (tertiary/aromatic N) is 3. The quantitative estimate of drug-likeness (QED) is 0.274. The third kappa shape index (κ3) is 8.62. The first kappa shape index (κ1) is 30.4. The van der Waals surface area contributed by atoms with E-state index >= 15 is 0 Å². The summed E-state index contributed by atoms with van der Waals surface area (Å²) in [6, 6.07) is 12.4. The van der Waals surface area contributed by atoms with Gasteiger partial charge >= 0.3 is 6.18 Å². The van der Waals surface area contributed by atoms with Crippen LogP contribution < -0.4 is 4.74 Å². The van der Waals surface area contributed by atoms with Crippen LogP contribution in [0.3, 0.4) is 0 Å². The van der Waals surface area contributed by atoms with E-state index in [2.05, 4.69) is 17.6 Å². The Bertz CT molecular complexity index is 1240. The lowest BCUT2D eigenvalue weighted by atomic mass is 10.0. The third-order valence-electron chi connectivity index (χ3n) is 6.23. The number of carbonyl (C=O) groups excluding carboxylic acids is 1. The summed E-state index contributed by atoms with van der Waals surface area (Å²) < 4.78 is 44.7. The van der Waals surface area contributed by atoms with Gasteiger partial charge in [-0.1, -0.05) is 37.8 Å². The average molecular weight is 526 g/mol. The van der Waals surface area contributed by atoms with Gasteiger partial charge in [-0.3, -0.25) is 4.79 Å². The van der Waals surface area contributed by atoms with Gasteiger partial charge in [-0.2, -0.15) is 18.4 Å². The van der Waals surface area contributed by atoms with E-state index in [0.29, 0.717) is 42.2 Å². The molecule has 0 amide bonds. The molecule has 0 bridgehead atoms. The van der Waals surface area contributed by atoms with Gasteiger partial charge < -0.3 is 9.64 Å². The molecule has 0 aromatic heterocycles. The predicted octanol–water partition coefficient (Wildman–Crippen LogP) is 7.27. The summed E-state index contributed by atoms with van der Waals surface area (Å²) in [4.78, 5) is 18.2. The van der Waals surface area contributed by atoms with Crippen LogP contribution in [0, 0.1) is 11.3 Å². The lowest BCUT2D eigenvalue weighted by molar-refractivity contribution is -0.137. The molecule has 0 aliphatic carbocycles. The molecule has 0 saturated heterocycles. The Labute approximate surface area is 222 Å². The van der Waals surface area contributed by atoms with Gasteiger partial charge in [0.1, 0.15) is 17.6 Å². The number of ether oxygens (including phenoxy) is 1. The van der Waals surface area contributed by atoms with Gasteiger partial charge in [0.15, 0.2) is 11.4 Å². The maximum Gasteiger partial charge on any atom is 0.416 e. The number of aliphatic imine (C=N–C) groups is 1. The Hall–Kier alpha value is -3.86. The maximum atomic E-state index is 13.0. The molecule has 5 nitrogen and oxygen atoms in total. The van der Waals surface area contributed by atoms with Crippen molar-refractivity contribution in [3.63, 3.8) is 0 Å². The Balaban J connectivity index is 2.27. The van der Waals surface area contributed by atoms with E-state index in [-0.39, 0.29) is 5.78 Å². The summed E-state index contributed by atoms with van der Waals surface area (Å²) in [6.07, 6.45) is 0.613. The number of Topliss-reactive ketones (excluding diaryl/α,β-unsaturated/α-hetero) is 1. The largest absolute Gasteiger partial charge is 0.479 e. The Morgan fingerprint density at radius 1 is 1.16 bits per heavy atom. The molecule has 0 saturated carbocycles. The lowest BCUT2D eigenvalue weighted by Gasteiger charge is -2.25. The molecule has 0 fully saturated rings. The van der Waals surface area contributed by atoms with Crippen LogP contribution in [0.25, 0.3) is 0 Å². The molecule has 202 valence electrons. The van der Waals surface area contributed by atoms with E-state index in [1.807, 2.05) is 30.9 Å². The first-order chi connectivity index (χ1) is 17.8. The summed E-state index contributed by atoms with van der Waals surface area (Å²) in [6.45, 7) is 13.5. The molecule has 0 aliphatic rings. The zero-order valence-corrected chi connectivity index (χ0v) is 22.5. The molecule has 8 heteroatoms. The van der Waals surface area contributed by atoms with Crippen molar-refractivity contribution in [1.29, 1.82) is 5.26 Å². The first-order valence-corrected chi connectivity index (χ1v) is 12.3. The van der Waals surface area contributed by atoms with Gasteiger partial charge in [-0.15, -0.1) is 0 Å². The molecule has 0 heterocycles. The second-order valence-corrected chi connectivity index (χ2v) is 9.37. The number of hydrogen-bond acceptors (Lipinski definition) is 5. The van der Waals surface area contributed by atoms with E-state index in [1.165, 1.54) is 19.1 Å². The van der Waals surface area contributed by atoms with Crippen molar-refractivity contribution >= 4 is 12.0 Å². The van der Waals surface area contributed by atoms with Crippen molar-refractivity contribution in [1.82, 2.24) is 4.90 Å². The second-order valence-electron chi connectivity index (χ2n) is 9.37. The SMILES string of the molecule is C=C(/N=C\C(=C/C)CC)N(CCc1ccc(OC(C)(C)C(C)=O)c(C#N)c1)Cc1ccc(C(F)(F)F)cc1. The Kier molecular flexibility index (Phi) is 10.5. The van der Waals surface area contributed by atoms with E-state index < -0.39 is 17.3 Å². The van der Waals surface area contributed by atoms with Crippen LogP contribution in [0.5, 0.6) is 5.75 Å². The monoisotopic (exact) mass is 525 g/mol. The van der Waals surface area contributed by atoms with Crippen LogP contribution >= 0.6 is 0 Å². The summed E-state index contributed by atoms with van der Waals surface area (Å²) in [5.74, 6) is 0.638. The van der Waals surface area contributed by atoms with E-state index in [0.717, 1.165) is 29.7 Å². The smallest absolute Gasteiger partial charge is 0.416 e. The van der Waals surface area contributed by atoms with Crippen molar-refractivity contribution in [3.8, 4) is 11.8 Å². The molecule has 0 spiro atoms. The minimum atomic E-state index is -4.40. The fourth-order valence-corrected chi connectivity index (χ4v) is 3.45. The van der Waals surface area contributed by atoms with E-state index in [9.17, 15) is 23.2 Å². The molecule has 38 heavy (non-hydrogen) atoms. The number of hydrogen-bond donors (Lipinski definition) is 0. The molecule has 2 aromatic carbocycles. The number of benzene rings is 2. The van der Waals surface area contributed by atoms with Gasteiger partial charge in [0.05, 0.1) is 11.1 Å². The molecule has 0 atom stereocenters. The second kappa shape index (κ2) is 13.1. The normalized spacial score (nSPS) is 12.3. The number of halogens is 3. The molecule has 0 unspecified atom stereocenters. The minimum Gasteiger partial charge on any atom is -0.479 e. The highest BCUT2D eigenvalue weighted by molar-refractivity contribution is 5.84. The molecular weight excluding hydrogens is 491 g/mol. The number of allylic oxidation sites excluding steroid dienone is 2. The highest BCUT2D eigenvalue weighted by Gasteiger charge is 2.30. The van der Waals surface area contributed by atoms with E-state index in [4.69, 9.17) is 4.74 Å². The van der Waals surface area contributed by atoms with Crippen molar-refractivity contribution < 1.29 is 22.7 Å². The van der Waals surface area contributed by atoms with Crippen LogP contribution in [-0.2, 0) is 23.9 Å². The maximum absolute atomic E-state index is 13.0. The number of carbonyl (C=O) groups is 1. The number of ketones is 1. The average Bonchev–Trinajstić information content (AvgIpc) is 2.87. The van der Waals surface area contributed by atoms with Gasteiger partial charge in [-0.05, 0) is 81.5 Å². The highest BCUT2D eigenvalue weighted by atomic mass is 19.4. The van der Waals surface area contributed by atoms with Crippen molar-refractivity contribution in [3.05, 3.63) is 88.8 Å². The zero-order chi connectivity index (χ0) is 28.5. The molecule has 2 rings (SSSR count). The minimum absolute atomic E-state index is 0.160. The van der Waals surface area contributed by atoms with Crippen molar-refractivity contribution in [2.45, 2.75) is 65.8 Å². The number of rotatable bonds is 12. The van der Waals surface area contributed by atoms with E-state index in [1.54, 1.807) is 32.2 Å². The highest BCUT2D eigenvalue weighted by Crippen LogP contribution is 2.29. The Morgan fingerprint density at radius 3 is 2.32 bits per heavy atom. The predicted molar refractivity (Wildman–Crippen MR) is 144 cm³/mol. The van der Waals surface area contributed by atoms with Gasteiger partial charge in [-0.25, -0.2) is 4.99 Å². The van der Waals surface area contributed by atoms with Crippen LogP contribution in [0.2, 0.25) is 0 Å². The van der Waals surface area contributed by atoms with Crippen LogP contribution in [0.4, 0.5) is 13.2 Å². The molecule has 0 aliphatic heterocycles.